The molecule has 0 saturated heterocycles. The fraction of sp³-hybridized carbons (Fsp3) is 0.556. The van der Waals surface area contributed by atoms with Crippen molar-refractivity contribution in [2.24, 2.45) is 0 Å². The number of amides is 1. The van der Waals surface area contributed by atoms with Gasteiger partial charge in [0.05, 0.1) is 24.0 Å². The lowest BCUT2D eigenvalue weighted by Gasteiger charge is -2.13. The van der Waals surface area contributed by atoms with E-state index in [1.807, 2.05) is 0 Å². The Kier molecular flexibility index (Phi) is 2.36. The highest BCUT2D eigenvalue weighted by molar-refractivity contribution is 5.77. The standard InChI is InChI=1S/C9H14N4O2/c10-7-3-11-13(4-7)5-8(15)12-9(6-14)1-2-9/h3-4,14H,1-2,5-6,10H2,(H,12,15). The number of anilines is 1. The zero-order chi connectivity index (χ0) is 10.9. The second-order valence-electron chi connectivity index (χ2n) is 3.96. The van der Waals surface area contributed by atoms with Gasteiger partial charge in [-0.1, -0.05) is 0 Å². The van der Waals surface area contributed by atoms with E-state index < -0.39 is 0 Å². The van der Waals surface area contributed by atoms with E-state index in [0.29, 0.717) is 5.69 Å². The van der Waals surface area contributed by atoms with Gasteiger partial charge in [-0.15, -0.1) is 0 Å². The number of carbonyl (C=O) groups excluding carboxylic acids is 1. The molecule has 0 aliphatic heterocycles. The van der Waals surface area contributed by atoms with Gasteiger partial charge in [0.15, 0.2) is 0 Å². The maximum Gasteiger partial charge on any atom is 0.242 e. The fourth-order valence-corrected chi connectivity index (χ4v) is 1.42. The van der Waals surface area contributed by atoms with E-state index in [4.69, 9.17) is 10.8 Å². The van der Waals surface area contributed by atoms with Gasteiger partial charge in [-0.3, -0.25) is 9.48 Å². The van der Waals surface area contributed by atoms with Crippen molar-refractivity contribution < 1.29 is 9.90 Å². The maximum atomic E-state index is 11.5. The van der Waals surface area contributed by atoms with Gasteiger partial charge >= 0.3 is 0 Å². The number of hydrogen-bond acceptors (Lipinski definition) is 4. The minimum Gasteiger partial charge on any atom is -0.396 e. The van der Waals surface area contributed by atoms with Crippen molar-refractivity contribution in [3.63, 3.8) is 0 Å². The molecule has 1 aromatic rings. The van der Waals surface area contributed by atoms with E-state index in [2.05, 4.69) is 10.4 Å². The van der Waals surface area contributed by atoms with Gasteiger partial charge < -0.3 is 16.2 Å². The van der Waals surface area contributed by atoms with E-state index >= 15 is 0 Å². The van der Waals surface area contributed by atoms with Crippen molar-refractivity contribution in [1.82, 2.24) is 15.1 Å². The number of nitrogens with one attached hydrogen (secondary N) is 1. The van der Waals surface area contributed by atoms with Crippen LogP contribution in [-0.4, -0.2) is 32.9 Å². The molecule has 2 rings (SSSR count). The van der Waals surface area contributed by atoms with E-state index in [1.54, 1.807) is 6.20 Å². The molecule has 6 heteroatoms. The van der Waals surface area contributed by atoms with Gasteiger partial charge in [0.2, 0.25) is 5.91 Å². The highest BCUT2D eigenvalue weighted by Gasteiger charge is 2.43. The van der Waals surface area contributed by atoms with E-state index in [-0.39, 0.29) is 24.6 Å². The van der Waals surface area contributed by atoms with Gasteiger partial charge in [-0.05, 0) is 12.8 Å². The van der Waals surface area contributed by atoms with Crippen LogP contribution >= 0.6 is 0 Å². The van der Waals surface area contributed by atoms with Crippen molar-refractivity contribution >= 4 is 11.6 Å². The Labute approximate surface area is 87.1 Å². The van der Waals surface area contributed by atoms with Crippen molar-refractivity contribution in [3.05, 3.63) is 12.4 Å². The highest BCUT2D eigenvalue weighted by atomic mass is 16.3. The van der Waals surface area contributed by atoms with Crippen molar-refractivity contribution in [2.45, 2.75) is 24.9 Å². The molecule has 0 spiro atoms. The summed E-state index contributed by atoms with van der Waals surface area (Å²) >= 11 is 0. The number of hydrogen-bond donors (Lipinski definition) is 3. The summed E-state index contributed by atoms with van der Waals surface area (Å²) in [6.07, 6.45) is 4.78. The summed E-state index contributed by atoms with van der Waals surface area (Å²) in [5, 5.41) is 15.7. The molecule has 1 heterocycles. The summed E-state index contributed by atoms with van der Waals surface area (Å²) in [6.45, 7) is 0.138. The quantitative estimate of drug-likeness (QED) is 0.600. The third kappa shape index (κ3) is 2.27. The predicted octanol–water partition coefficient (Wildman–Crippen LogP) is -0.894. The van der Waals surface area contributed by atoms with Gasteiger partial charge in [0.1, 0.15) is 6.54 Å². The van der Waals surface area contributed by atoms with Gasteiger partial charge in [0, 0.05) is 6.20 Å². The molecule has 4 N–H and O–H groups in total. The minimum atomic E-state index is -0.365. The first-order valence-corrected chi connectivity index (χ1v) is 4.83. The highest BCUT2D eigenvalue weighted by Crippen LogP contribution is 2.34. The van der Waals surface area contributed by atoms with Gasteiger partial charge in [-0.25, -0.2) is 0 Å². The summed E-state index contributed by atoms with van der Waals surface area (Å²) in [7, 11) is 0. The van der Waals surface area contributed by atoms with Crippen molar-refractivity contribution in [2.75, 3.05) is 12.3 Å². The molecule has 0 atom stereocenters. The summed E-state index contributed by atoms with van der Waals surface area (Å²) in [6, 6.07) is 0. The van der Waals surface area contributed by atoms with E-state index in [9.17, 15) is 4.79 Å². The van der Waals surface area contributed by atoms with Crippen LogP contribution < -0.4 is 11.1 Å². The van der Waals surface area contributed by atoms with Crippen LogP contribution in [0.4, 0.5) is 5.69 Å². The van der Waals surface area contributed by atoms with Crippen LogP contribution in [0.5, 0.6) is 0 Å². The molecule has 1 fully saturated rings. The first kappa shape index (κ1) is 9.97. The molecule has 0 aromatic carbocycles. The van der Waals surface area contributed by atoms with Crippen LogP contribution in [-0.2, 0) is 11.3 Å². The third-order valence-electron chi connectivity index (χ3n) is 2.52. The fourth-order valence-electron chi connectivity index (χ4n) is 1.42. The molecule has 1 saturated carbocycles. The van der Waals surface area contributed by atoms with Crippen LogP contribution in [0, 0.1) is 0 Å². The van der Waals surface area contributed by atoms with Crippen LogP contribution in [0.15, 0.2) is 12.4 Å². The molecule has 1 aliphatic carbocycles. The van der Waals surface area contributed by atoms with E-state index in [1.165, 1.54) is 10.9 Å². The molecule has 0 unspecified atom stereocenters. The molecule has 6 nitrogen and oxygen atoms in total. The SMILES string of the molecule is Nc1cnn(CC(=O)NC2(CO)CC2)c1. The Hall–Kier alpha value is -1.56. The minimum absolute atomic E-state index is 0.0000139. The van der Waals surface area contributed by atoms with Crippen LogP contribution in [0.25, 0.3) is 0 Å². The second-order valence-corrected chi connectivity index (χ2v) is 3.96. The lowest BCUT2D eigenvalue weighted by Crippen LogP contribution is -2.41. The first-order valence-electron chi connectivity index (χ1n) is 4.83. The largest absolute Gasteiger partial charge is 0.396 e. The number of nitrogens with two attached hydrogens (primary N) is 1. The smallest absolute Gasteiger partial charge is 0.242 e. The van der Waals surface area contributed by atoms with Crippen molar-refractivity contribution in [3.8, 4) is 0 Å². The summed E-state index contributed by atoms with van der Waals surface area (Å²) in [5.41, 5.74) is 5.63. The normalized spacial score (nSPS) is 17.4. The summed E-state index contributed by atoms with van der Waals surface area (Å²) in [5.74, 6) is -0.148. The van der Waals surface area contributed by atoms with Crippen LogP contribution in [0.2, 0.25) is 0 Å². The van der Waals surface area contributed by atoms with Gasteiger partial charge in [-0.2, -0.15) is 5.10 Å². The monoisotopic (exact) mass is 210 g/mol. The number of nitrogen functional groups attached to an aromatic ring is 1. The Bertz CT molecular complexity index is 370. The maximum absolute atomic E-state index is 11.5. The topological polar surface area (TPSA) is 93.2 Å². The average Bonchev–Trinajstić information content (AvgIpc) is 2.84. The summed E-state index contributed by atoms with van der Waals surface area (Å²) < 4.78 is 1.47. The number of aromatic nitrogens is 2. The molecule has 1 aromatic heterocycles. The van der Waals surface area contributed by atoms with Crippen LogP contribution in [0.3, 0.4) is 0 Å². The Balaban J connectivity index is 1.87. The molecule has 15 heavy (non-hydrogen) atoms. The predicted molar refractivity (Wildman–Crippen MR) is 53.8 cm³/mol. The average molecular weight is 210 g/mol. The lowest BCUT2D eigenvalue weighted by molar-refractivity contribution is -0.123. The number of aliphatic hydroxyl groups excluding tert-OH is 1. The number of nitrogens with zero attached hydrogens (tertiary/aromatic N) is 2. The molecule has 0 bridgehead atoms. The molecule has 82 valence electrons. The molecular weight excluding hydrogens is 196 g/mol. The zero-order valence-electron chi connectivity index (χ0n) is 8.31. The Morgan fingerprint density at radius 1 is 1.73 bits per heavy atom. The van der Waals surface area contributed by atoms with E-state index in [0.717, 1.165) is 12.8 Å². The lowest BCUT2D eigenvalue weighted by atomic mass is 10.3. The third-order valence-corrected chi connectivity index (χ3v) is 2.52. The molecule has 1 aliphatic rings. The van der Waals surface area contributed by atoms with Crippen LogP contribution in [0.1, 0.15) is 12.8 Å². The first-order chi connectivity index (χ1) is 7.13. The molecular formula is C9H14N4O2. The second kappa shape index (κ2) is 3.54. The van der Waals surface area contributed by atoms with Gasteiger partial charge in [0.25, 0.3) is 0 Å². The number of rotatable bonds is 4. The Morgan fingerprint density at radius 3 is 2.93 bits per heavy atom. The Morgan fingerprint density at radius 2 is 2.47 bits per heavy atom. The molecule has 1 amide bonds. The zero-order valence-corrected chi connectivity index (χ0v) is 8.31. The summed E-state index contributed by atoms with van der Waals surface area (Å²) in [4.78, 5) is 11.5. The number of carbonyl (C=O) groups is 1. The van der Waals surface area contributed by atoms with Crippen molar-refractivity contribution in [1.29, 1.82) is 0 Å². The molecule has 0 radical (unpaired) electrons. The number of aliphatic hydroxyl groups is 1.